The third-order valence-corrected chi connectivity index (χ3v) is 2.86. The molecular formula is C13H19N3O. The molecule has 0 radical (unpaired) electrons. The minimum atomic E-state index is -0.928. The van der Waals surface area contributed by atoms with Gasteiger partial charge in [-0.3, -0.25) is 0 Å². The molecule has 17 heavy (non-hydrogen) atoms. The Kier molecular flexibility index (Phi) is 2.51. The van der Waals surface area contributed by atoms with Crippen LogP contribution in [0.3, 0.4) is 0 Å². The maximum absolute atomic E-state index is 10.1. The molecule has 2 aromatic heterocycles. The number of fused-ring (bicyclic) bond motifs is 1. The number of pyridine rings is 1. The van der Waals surface area contributed by atoms with Crippen molar-refractivity contribution in [2.75, 3.05) is 0 Å². The lowest BCUT2D eigenvalue weighted by atomic mass is 9.87. The fraction of sp³-hybridized carbons (Fsp3) is 0.538. The monoisotopic (exact) mass is 233 g/mol. The summed E-state index contributed by atoms with van der Waals surface area (Å²) in [4.78, 5) is 4.30. The first kappa shape index (κ1) is 12.0. The summed E-state index contributed by atoms with van der Waals surface area (Å²) in [6, 6.07) is 3.94. The van der Waals surface area contributed by atoms with Crippen molar-refractivity contribution in [3.8, 4) is 0 Å². The first-order valence-corrected chi connectivity index (χ1v) is 5.77. The number of aromatic nitrogens is 3. The van der Waals surface area contributed by atoms with E-state index in [-0.39, 0.29) is 5.41 Å². The van der Waals surface area contributed by atoms with Gasteiger partial charge in [0.05, 0.1) is 5.69 Å². The van der Waals surface area contributed by atoms with Crippen LogP contribution in [0.2, 0.25) is 0 Å². The maximum Gasteiger partial charge on any atom is 0.159 e. The summed E-state index contributed by atoms with van der Waals surface area (Å²) in [6.45, 7) is 9.92. The Balaban J connectivity index is 2.76. The van der Waals surface area contributed by atoms with E-state index in [1.165, 1.54) is 6.33 Å². The van der Waals surface area contributed by atoms with Crippen LogP contribution in [0.4, 0.5) is 0 Å². The maximum atomic E-state index is 10.1. The van der Waals surface area contributed by atoms with Gasteiger partial charge in [0.15, 0.2) is 5.65 Å². The fourth-order valence-corrected chi connectivity index (χ4v) is 1.96. The molecule has 0 atom stereocenters. The Morgan fingerprint density at radius 2 is 1.76 bits per heavy atom. The number of nitrogens with zero attached hydrogens (tertiary/aromatic N) is 3. The molecule has 0 aliphatic heterocycles. The van der Waals surface area contributed by atoms with Crippen LogP contribution < -0.4 is 0 Å². The highest BCUT2D eigenvalue weighted by atomic mass is 16.3. The zero-order valence-corrected chi connectivity index (χ0v) is 11.0. The molecular weight excluding hydrogens is 214 g/mol. The van der Waals surface area contributed by atoms with Crippen LogP contribution >= 0.6 is 0 Å². The van der Waals surface area contributed by atoms with Crippen LogP contribution in [-0.4, -0.2) is 19.7 Å². The molecule has 0 unspecified atom stereocenters. The van der Waals surface area contributed by atoms with Crippen molar-refractivity contribution in [1.82, 2.24) is 14.6 Å². The Morgan fingerprint density at radius 1 is 1.12 bits per heavy atom. The average molecular weight is 233 g/mol. The number of hydrogen-bond acceptors (Lipinski definition) is 3. The molecule has 0 aliphatic rings. The van der Waals surface area contributed by atoms with Gasteiger partial charge >= 0.3 is 0 Å². The summed E-state index contributed by atoms with van der Waals surface area (Å²) in [5.41, 5.74) is 1.77. The lowest BCUT2D eigenvalue weighted by Gasteiger charge is -2.23. The van der Waals surface area contributed by atoms with E-state index in [0.29, 0.717) is 0 Å². The molecule has 4 nitrogen and oxygen atoms in total. The van der Waals surface area contributed by atoms with Gasteiger partial charge in [-0.05, 0) is 25.3 Å². The molecule has 0 saturated heterocycles. The summed E-state index contributed by atoms with van der Waals surface area (Å²) in [6.07, 6.45) is 1.53. The second-order valence-corrected chi connectivity index (χ2v) is 5.94. The van der Waals surface area contributed by atoms with E-state index in [4.69, 9.17) is 0 Å². The predicted molar refractivity (Wildman–Crippen MR) is 66.9 cm³/mol. The van der Waals surface area contributed by atoms with Crippen LogP contribution in [0.1, 0.15) is 45.9 Å². The fourth-order valence-electron chi connectivity index (χ4n) is 1.96. The van der Waals surface area contributed by atoms with Crippen molar-refractivity contribution in [3.05, 3.63) is 29.7 Å². The number of rotatable bonds is 1. The molecule has 2 rings (SSSR count). The van der Waals surface area contributed by atoms with Crippen molar-refractivity contribution in [2.24, 2.45) is 0 Å². The zero-order valence-electron chi connectivity index (χ0n) is 11.0. The quantitative estimate of drug-likeness (QED) is 0.822. The van der Waals surface area contributed by atoms with Gasteiger partial charge < -0.3 is 5.11 Å². The van der Waals surface area contributed by atoms with Crippen molar-refractivity contribution in [3.63, 3.8) is 0 Å². The Labute approximate surface area is 101 Å². The van der Waals surface area contributed by atoms with Gasteiger partial charge in [-0.2, -0.15) is 5.10 Å². The molecule has 0 aliphatic carbocycles. The third kappa shape index (κ3) is 2.05. The first-order valence-electron chi connectivity index (χ1n) is 5.77. The third-order valence-electron chi connectivity index (χ3n) is 2.86. The molecule has 0 fully saturated rings. The normalized spacial score (nSPS) is 13.3. The summed E-state index contributed by atoms with van der Waals surface area (Å²) >= 11 is 0. The standard InChI is InChI=1S/C13H19N3O/c1-12(2,3)9-6-7-10(13(4,5)17)16-11(9)14-8-15-16/h6-8,17H,1-5H3. The summed E-state index contributed by atoms with van der Waals surface area (Å²) < 4.78 is 1.72. The van der Waals surface area contributed by atoms with Gasteiger partial charge in [0, 0.05) is 5.56 Å². The van der Waals surface area contributed by atoms with Crippen LogP contribution in [0.25, 0.3) is 5.65 Å². The first-order chi connectivity index (χ1) is 7.71. The van der Waals surface area contributed by atoms with Crippen molar-refractivity contribution < 1.29 is 5.11 Å². The minimum absolute atomic E-state index is 0.00636. The molecule has 2 aromatic rings. The predicted octanol–water partition coefficient (Wildman–Crippen LogP) is 2.25. The van der Waals surface area contributed by atoms with E-state index < -0.39 is 5.60 Å². The van der Waals surface area contributed by atoms with E-state index in [1.54, 1.807) is 18.4 Å². The van der Waals surface area contributed by atoms with E-state index >= 15 is 0 Å². The van der Waals surface area contributed by atoms with Crippen LogP contribution in [-0.2, 0) is 11.0 Å². The van der Waals surface area contributed by atoms with Crippen molar-refractivity contribution in [1.29, 1.82) is 0 Å². The van der Waals surface area contributed by atoms with Gasteiger partial charge in [0.1, 0.15) is 11.9 Å². The molecule has 0 aromatic carbocycles. The van der Waals surface area contributed by atoms with Crippen LogP contribution in [0.5, 0.6) is 0 Å². The Hall–Kier alpha value is -1.42. The Morgan fingerprint density at radius 3 is 2.29 bits per heavy atom. The van der Waals surface area contributed by atoms with Crippen LogP contribution in [0.15, 0.2) is 18.5 Å². The second kappa shape index (κ2) is 3.53. The lowest BCUT2D eigenvalue weighted by molar-refractivity contribution is 0.0714. The smallest absolute Gasteiger partial charge is 0.159 e. The Bertz CT molecular complexity index is 496. The average Bonchev–Trinajstić information content (AvgIpc) is 2.60. The summed E-state index contributed by atoms with van der Waals surface area (Å²) in [7, 11) is 0. The summed E-state index contributed by atoms with van der Waals surface area (Å²) in [5.74, 6) is 0. The zero-order chi connectivity index (χ0) is 12.8. The van der Waals surface area contributed by atoms with E-state index in [0.717, 1.165) is 16.9 Å². The van der Waals surface area contributed by atoms with Crippen LogP contribution in [0, 0.1) is 0 Å². The molecule has 0 amide bonds. The van der Waals surface area contributed by atoms with Gasteiger partial charge in [0.25, 0.3) is 0 Å². The summed E-state index contributed by atoms with van der Waals surface area (Å²) in [5, 5.41) is 14.3. The molecule has 92 valence electrons. The number of hydrogen-bond donors (Lipinski definition) is 1. The highest BCUT2D eigenvalue weighted by Crippen LogP contribution is 2.28. The van der Waals surface area contributed by atoms with E-state index in [2.05, 4.69) is 30.9 Å². The van der Waals surface area contributed by atoms with E-state index in [1.807, 2.05) is 12.1 Å². The van der Waals surface area contributed by atoms with Gasteiger partial charge in [-0.25, -0.2) is 9.50 Å². The van der Waals surface area contributed by atoms with Gasteiger partial charge in [0.2, 0.25) is 0 Å². The SMILES string of the molecule is CC(C)(C)c1ccc(C(C)(C)O)n2ncnc12. The highest BCUT2D eigenvalue weighted by molar-refractivity contribution is 5.51. The van der Waals surface area contributed by atoms with E-state index in [9.17, 15) is 5.11 Å². The molecule has 0 bridgehead atoms. The largest absolute Gasteiger partial charge is 0.384 e. The lowest BCUT2D eigenvalue weighted by Crippen LogP contribution is -2.22. The molecule has 2 heterocycles. The van der Waals surface area contributed by atoms with Crippen molar-refractivity contribution in [2.45, 2.75) is 45.6 Å². The van der Waals surface area contributed by atoms with Gasteiger partial charge in [-0.15, -0.1) is 0 Å². The highest BCUT2D eigenvalue weighted by Gasteiger charge is 2.25. The minimum Gasteiger partial charge on any atom is -0.384 e. The molecule has 0 saturated carbocycles. The van der Waals surface area contributed by atoms with Crippen molar-refractivity contribution >= 4 is 5.65 Å². The van der Waals surface area contributed by atoms with Gasteiger partial charge in [-0.1, -0.05) is 26.8 Å². The molecule has 0 spiro atoms. The molecule has 1 N–H and O–H groups in total. The molecule has 4 heteroatoms. The second-order valence-electron chi connectivity index (χ2n) is 5.94. The number of aliphatic hydroxyl groups is 1. The topological polar surface area (TPSA) is 50.4 Å².